The van der Waals surface area contributed by atoms with E-state index in [9.17, 15) is 8.42 Å². The topological polar surface area (TPSA) is 59.1 Å². The van der Waals surface area contributed by atoms with Gasteiger partial charge in [0.15, 0.2) is 0 Å². The number of thiazole rings is 1. The maximum Gasteiger partial charge on any atom is 0.211 e. The number of aromatic nitrogens is 1. The van der Waals surface area contributed by atoms with Crippen LogP contribution in [0.25, 0.3) is 0 Å². The summed E-state index contributed by atoms with van der Waals surface area (Å²) in [5.41, 5.74) is 2.04. The molecule has 2 aromatic rings. The zero-order valence-corrected chi connectivity index (χ0v) is 13.9. The van der Waals surface area contributed by atoms with E-state index in [0.29, 0.717) is 19.4 Å². The summed E-state index contributed by atoms with van der Waals surface area (Å²) < 4.78 is 26.6. The van der Waals surface area contributed by atoms with E-state index in [2.05, 4.69) is 9.71 Å². The van der Waals surface area contributed by atoms with Crippen LogP contribution < -0.4 is 4.72 Å². The van der Waals surface area contributed by atoms with E-state index < -0.39 is 10.0 Å². The fraction of sp³-hybridized carbons (Fsp3) is 0.400. The third kappa shape index (κ3) is 5.22. The molecule has 0 aliphatic rings. The molecule has 4 nitrogen and oxygen atoms in total. The molecule has 1 aromatic carbocycles. The van der Waals surface area contributed by atoms with Gasteiger partial charge in [-0.05, 0) is 32.3 Å². The Morgan fingerprint density at radius 1 is 1.14 bits per heavy atom. The van der Waals surface area contributed by atoms with Crippen molar-refractivity contribution >= 4 is 21.4 Å². The fourth-order valence-electron chi connectivity index (χ4n) is 2.09. The average molecular weight is 324 g/mol. The number of hydrogen-bond acceptors (Lipinski definition) is 4. The lowest BCUT2D eigenvalue weighted by atomic mass is 10.2. The van der Waals surface area contributed by atoms with E-state index >= 15 is 0 Å². The van der Waals surface area contributed by atoms with Gasteiger partial charge >= 0.3 is 0 Å². The van der Waals surface area contributed by atoms with E-state index in [1.165, 1.54) is 0 Å². The molecule has 0 atom stereocenters. The van der Waals surface area contributed by atoms with Gasteiger partial charge in [-0.2, -0.15) is 0 Å². The number of benzene rings is 1. The van der Waals surface area contributed by atoms with Gasteiger partial charge in [0.1, 0.15) is 0 Å². The summed E-state index contributed by atoms with van der Waals surface area (Å²) in [5.74, 6) is 0.123. The first-order valence-corrected chi connectivity index (χ1v) is 9.37. The van der Waals surface area contributed by atoms with Crippen molar-refractivity contribution in [3.05, 3.63) is 51.5 Å². The van der Waals surface area contributed by atoms with Crippen LogP contribution in [0.1, 0.15) is 21.1 Å². The van der Waals surface area contributed by atoms with Crippen molar-refractivity contribution in [1.29, 1.82) is 0 Å². The molecule has 0 unspecified atom stereocenters. The zero-order chi connectivity index (χ0) is 15.3. The standard InChI is InChI=1S/C15H20N2O2S2/c1-12-15(20-13(2)17-12)8-10-16-21(18,19)11-9-14-6-4-3-5-7-14/h3-7,16H,8-11H2,1-2H3. The average Bonchev–Trinajstić information content (AvgIpc) is 2.76. The van der Waals surface area contributed by atoms with Crippen molar-refractivity contribution in [2.45, 2.75) is 26.7 Å². The van der Waals surface area contributed by atoms with Crippen LogP contribution >= 0.6 is 11.3 Å². The maximum absolute atomic E-state index is 12.0. The second-order valence-corrected chi connectivity index (χ2v) is 8.15. The van der Waals surface area contributed by atoms with E-state index in [1.807, 2.05) is 44.2 Å². The predicted molar refractivity (Wildman–Crippen MR) is 87.2 cm³/mol. The molecule has 0 fully saturated rings. The third-order valence-corrected chi connectivity index (χ3v) is 5.69. The molecular weight excluding hydrogens is 304 g/mol. The second-order valence-electron chi connectivity index (χ2n) is 4.94. The molecule has 2 rings (SSSR count). The summed E-state index contributed by atoms with van der Waals surface area (Å²) >= 11 is 1.63. The highest BCUT2D eigenvalue weighted by Crippen LogP contribution is 2.17. The zero-order valence-electron chi connectivity index (χ0n) is 12.3. The highest BCUT2D eigenvalue weighted by Gasteiger charge is 2.11. The molecule has 0 spiro atoms. The lowest BCUT2D eigenvalue weighted by Gasteiger charge is -2.06. The normalized spacial score (nSPS) is 11.7. The number of aryl methyl sites for hydroxylation is 3. The summed E-state index contributed by atoms with van der Waals surface area (Å²) in [4.78, 5) is 5.49. The Hall–Kier alpha value is -1.24. The van der Waals surface area contributed by atoms with Gasteiger partial charge in [0.05, 0.1) is 16.5 Å². The largest absolute Gasteiger partial charge is 0.247 e. The summed E-state index contributed by atoms with van der Waals surface area (Å²) in [6.07, 6.45) is 1.23. The Morgan fingerprint density at radius 3 is 2.48 bits per heavy atom. The fourth-order valence-corrected chi connectivity index (χ4v) is 4.09. The molecule has 0 radical (unpaired) electrons. The van der Waals surface area contributed by atoms with Crippen molar-refractivity contribution in [1.82, 2.24) is 9.71 Å². The van der Waals surface area contributed by atoms with Crippen molar-refractivity contribution in [2.75, 3.05) is 12.3 Å². The van der Waals surface area contributed by atoms with Crippen molar-refractivity contribution < 1.29 is 8.42 Å². The van der Waals surface area contributed by atoms with Gasteiger partial charge in [0, 0.05) is 11.4 Å². The molecule has 114 valence electrons. The highest BCUT2D eigenvalue weighted by atomic mass is 32.2. The molecular formula is C15H20N2O2S2. The van der Waals surface area contributed by atoms with E-state index in [0.717, 1.165) is 21.1 Å². The van der Waals surface area contributed by atoms with Gasteiger partial charge in [0.25, 0.3) is 0 Å². The number of nitrogens with zero attached hydrogens (tertiary/aromatic N) is 1. The molecule has 6 heteroatoms. The van der Waals surface area contributed by atoms with Gasteiger partial charge in [-0.1, -0.05) is 30.3 Å². The second kappa shape index (κ2) is 7.15. The number of nitrogens with one attached hydrogen (secondary N) is 1. The van der Waals surface area contributed by atoms with Crippen LogP contribution in [0.2, 0.25) is 0 Å². The van der Waals surface area contributed by atoms with Crippen LogP contribution in [0.15, 0.2) is 30.3 Å². The Kier molecular flexibility index (Phi) is 5.50. The first-order valence-electron chi connectivity index (χ1n) is 6.90. The van der Waals surface area contributed by atoms with Crippen molar-refractivity contribution in [2.24, 2.45) is 0 Å². The summed E-state index contributed by atoms with van der Waals surface area (Å²) in [5, 5.41) is 1.02. The van der Waals surface area contributed by atoms with Crippen LogP contribution in [0.4, 0.5) is 0 Å². The molecule has 0 amide bonds. The first kappa shape index (κ1) is 16.1. The van der Waals surface area contributed by atoms with Gasteiger partial charge in [0.2, 0.25) is 10.0 Å². The lowest BCUT2D eigenvalue weighted by molar-refractivity contribution is 0.581. The van der Waals surface area contributed by atoms with E-state index in [-0.39, 0.29) is 5.75 Å². The monoisotopic (exact) mass is 324 g/mol. The molecule has 1 N–H and O–H groups in total. The number of rotatable bonds is 7. The minimum absolute atomic E-state index is 0.123. The van der Waals surface area contributed by atoms with Gasteiger partial charge in [-0.15, -0.1) is 11.3 Å². The van der Waals surface area contributed by atoms with Gasteiger partial charge in [-0.25, -0.2) is 18.1 Å². The van der Waals surface area contributed by atoms with Crippen molar-refractivity contribution in [3.63, 3.8) is 0 Å². The molecule has 1 heterocycles. The van der Waals surface area contributed by atoms with E-state index in [1.54, 1.807) is 11.3 Å². The highest BCUT2D eigenvalue weighted by molar-refractivity contribution is 7.89. The molecule has 0 bridgehead atoms. The molecule has 0 saturated carbocycles. The summed E-state index contributed by atoms with van der Waals surface area (Å²) in [7, 11) is -3.22. The third-order valence-electron chi connectivity index (χ3n) is 3.18. The Morgan fingerprint density at radius 2 is 1.86 bits per heavy atom. The molecule has 0 saturated heterocycles. The van der Waals surface area contributed by atoms with E-state index in [4.69, 9.17) is 0 Å². The minimum Gasteiger partial charge on any atom is -0.247 e. The van der Waals surface area contributed by atoms with Crippen LogP contribution in [0, 0.1) is 13.8 Å². The number of hydrogen-bond donors (Lipinski definition) is 1. The van der Waals surface area contributed by atoms with Crippen molar-refractivity contribution in [3.8, 4) is 0 Å². The summed E-state index contributed by atoms with van der Waals surface area (Å²) in [6.45, 7) is 4.35. The van der Waals surface area contributed by atoms with Gasteiger partial charge < -0.3 is 0 Å². The predicted octanol–water partition coefficient (Wildman–Crippen LogP) is 2.46. The molecule has 1 aromatic heterocycles. The smallest absolute Gasteiger partial charge is 0.211 e. The summed E-state index contributed by atoms with van der Waals surface area (Å²) in [6, 6.07) is 9.65. The van der Waals surface area contributed by atoms with Gasteiger partial charge in [-0.3, -0.25) is 0 Å². The number of sulfonamides is 1. The minimum atomic E-state index is -3.22. The Bertz CT molecular complexity index is 679. The Balaban J connectivity index is 1.80. The van der Waals surface area contributed by atoms with Crippen LogP contribution in [0.5, 0.6) is 0 Å². The maximum atomic E-state index is 12.0. The quantitative estimate of drug-likeness (QED) is 0.851. The SMILES string of the molecule is Cc1nc(C)c(CCNS(=O)(=O)CCc2ccccc2)s1. The van der Waals surface area contributed by atoms with Crippen LogP contribution in [0.3, 0.4) is 0 Å². The first-order chi connectivity index (χ1) is 9.96. The lowest BCUT2D eigenvalue weighted by Crippen LogP contribution is -2.29. The Labute approximate surface area is 130 Å². The molecule has 0 aliphatic heterocycles. The van der Waals surface area contributed by atoms with Crippen LogP contribution in [-0.2, 0) is 22.9 Å². The van der Waals surface area contributed by atoms with Crippen LogP contribution in [-0.4, -0.2) is 25.7 Å². The molecule has 0 aliphatic carbocycles. The molecule has 21 heavy (non-hydrogen) atoms.